The maximum Gasteiger partial charge on any atom is 0.255 e. The molecule has 5 rings (SSSR count). The number of aromatic nitrogens is 2. The Morgan fingerprint density at radius 2 is 2.23 bits per heavy atom. The number of fused-ring (bicyclic) bond motifs is 3. The molecule has 9 nitrogen and oxygen atoms in total. The summed E-state index contributed by atoms with van der Waals surface area (Å²) in [4.78, 5) is 32.2. The van der Waals surface area contributed by atoms with Gasteiger partial charge in [0.15, 0.2) is 5.75 Å². The summed E-state index contributed by atoms with van der Waals surface area (Å²) in [5, 5.41) is 9.57. The average molecular weight is 494 g/mol. The van der Waals surface area contributed by atoms with Crippen molar-refractivity contribution in [3.05, 3.63) is 65.6 Å². The van der Waals surface area contributed by atoms with Crippen molar-refractivity contribution in [2.24, 2.45) is 0 Å². The number of nitrogens with zero attached hydrogens (tertiary/aromatic N) is 1. The molecule has 180 valence electrons. The third-order valence-corrected chi connectivity index (χ3v) is 6.36. The first-order valence-electron chi connectivity index (χ1n) is 11.2. The van der Waals surface area contributed by atoms with Gasteiger partial charge in [0, 0.05) is 29.4 Å². The highest BCUT2D eigenvalue weighted by Crippen LogP contribution is 2.51. The van der Waals surface area contributed by atoms with E-state index in [4.69, 9.17) is 21.1 Å². The zero-order valence-corrected chi connectivity index (χ0v) is 19.7. The lowest BCUT2D eigenvalue weighted by Gasteiger charge is -2.17. The maximum absolute atomic E-state index is 13.1. The fourth-order valence-electron chi connectivity index (χ4n) is 4.33. The van der Waals surface area contributed by atoms with E-state index >= 15 is 0 Å². The van der Waals surface area contributed by atoms with E-state index < -0.39 is 0 Å². The summed E-state index contributed by atoms with van der Waals surface area (Å²) in [5.41, 5.74) is 4.07. The Morgan fingerprint density at radius 3 is 3.03 bits per heavy atom. The first-order chi connectivity index (χ1) is 17.0. The average Bonchev–Trinajstić information content (AvgIpc) is 3.54. The van der Waals surface area contributed by atoms with Crippen molar-refractivity contribution in [3.8, 4) is 22.8 Å². The number of benzene rings is 1. The number of H-pyrrole nitrogens is 1. The van der Waals surface area contributed by atoms with Crippen molar-refractivity contribution in [3.63, 3.8) is 0 Å². The van der Waals surface area contributed by atoms with Gasteiger partial charge < -0.3 is 30.4 Å². The number of para-hydroxylation sites is 1. The van der Waals surface area contributed by atoms with Crippen molar-refractivity contribution in [1.29, 1.82) is 0 Å². The summed E-state index contributed by atoms with van der Waals surface area (Å²) in [6.07, 6.45) is 5.36. The quantitative estimate of drug-likeness (QED) is 0.266. The molecule has 0 radical (unpaired) electrons. The van der Waals surface area contributed by atoms with Crippen LogP contribution in [0.5, 0.6) is 11.5 Å². The van der Waals surface area contributed by atoms with Crippen LogP contribution in [0.2, 0.25) is 5.02 Å². The van der Waals surface area contributed by atoms with E-state index in [1.165, 1.54) is 6.08 Å². The molecule has 35 heavy (non-hydrogen) atoms. The van der Waals surface area contributed by atoms with Gasteiger partial charge in [-0.2, -0.15) is 0 Å². The van der Waals surface area contributed by atoms with E-state index in [1.807, 2.05) is 18.2 Å². The summed E-state index contributed by atoms with van der Waals surface area (Å²) in [7, 11) is 1.54. The molecule has 2 amide bonds. The second kappa shape index (κ2) is 9.34. The van der Waals surface area contributed by atoms with Gasteiger partial charge in [-0.3, -0.25) is 14.6 Å². The third-order valence-electron chi connectivity index (χ3n) is 6.06. The van der Waals surface area contributed by atoms with Gasteiger partial charge in [0.05, 0.1) is 47.5 Å². The van der Waals surface area contributed by atoms with Crippen molar-refractivity contribution >= 4 is 34.8 Å². The van der Waals surface area contributed by atoms with Gasteiger partial charge in [-0.05, 0) is 30.7 Å². The minimum atomic E-state index is -0.274. The Hall–Kier alpha value is -3.98. The number of aromatic amines is 1. The molecule has 3 aromatic rings. The van der Waals surface area contributed by atoms with E-state index in [9.17, 15) is 9.59 Å². The van der Waals surface area contributed by atoms with Gasteiger partial charge >= 0.3 is 0 Å². The number of carbonyl (C=O) groups is 2. The fraction of sp³-hybridized carbons (Fsp3) is 0.240. The van der Waals surface area contributed by atoms with Crippen LogP contribution in [0, 0.1) is 0 Å². The Labute approximate surface area is 206 Å². The van der Waals surface area contributed by atoms with Gasteiger partial charge in [0.1, 0.15) is 12.4 Å². The number of carbonyl (C=O) groups excluding carboxylic acids is 2. The summed E-state index contributed by atoms with van der Waals surface area (Å²) >= 11 is 6.34. The first-order valence-corrected chi connectivity index (χ1v) is 11.5. The molecule has 1 aromatic carbocycles. The molecule has 0 saturated heterocycles. The number of methoxy groups -OCH3 is 1. The van der Waals surface area contributed by atoms with Crippen LogP contribution in [0.15, 0.2) is 49.3 Å². The summed E-state index contributed by atoms with van der Waals surface area (Å²) in [6, 6.07) is 7.34. The second-order valence-corrected chi connectivity index (χ2v) is 8.65. The lowest BCUT2D eigenvalue weighted by molar-refractivity contribution is -0.116. The second-order valence-electron chi connectivity index (χ2n) is 8.25. The minimum absolute atomic E-state index is 0.145. The first kappa shape index (κ1) is 22.8. The molecule has 1 saturated carbocycles. The van der Waals surface area contributed by atoms with E-state index in [1.54, 1.807) is 25.6 Å². The fourth-order valence-corrected chi connectivity index (χ4v) is 4.58. The Kier molecular flexibility index (Phi) is 6.08. The molecule has 4 N–H and O–H groups in total. The standard InChI is InChI=1S/C25H24ClN5O4/c1-3-19(32)28-9-10-35-18-12-27-8-7-13(18)22-23(29-16-6-4-5-15(26)24(16)34-2)20-21(31-22)14-11-17(14)30-25(20)33/h3-8,12,14,17,29,31H,1,9-11H2,2H3,(H,28,32)(H,30,33). The number of halogens is 1. The van der Waals surface area contributed by atoms with Gasteiger partial charge in [-0.25, -0.2) is 0 Å². The van der Waals surface area contributed by atoms with Crippen LogP contribution in [-0.4, -0.2) is 48.1 Å². The number of rotatable bonds is 9. The highest BCUT2D eigenvalue weighted by Gasteiger charge is 2.48. The molecular formula is C25H24ClN5O4. The highest BCUT2D eigenvalue weighted by atomic mass is 35.5. The van der Waals surface area contributed by atoms with E-state index in [-0.39, 0.29) is 30.4 Å². The molecule has 1 fully saturated rings. The molecule has 0 bridgehead atoms. The number of amides is 2. The zero-order valence-electron chi connectivity index (χ0n) is 19.0. The highest BCUT2D eigenvalue weighted by molar-refractivity contribution is 6.32. The van der Waals surface area contributed by atoms with Gasteiger partial charge in [-0.15, -0.1) is 0 Å². The van der Waals surface area contributed by atoms with Crippen molar-refractivity contribution in [1.82, 2.24) is 20.6 Å². The Bertz CT molecular complexity index is 1320. The van der Waals surface area contributed by atoms with Gasteiger partial charge in [-0.1, -0.05) is 24.2 Å². The molecule has 2 atom stereocenters. The Balaban J connectivity index is 1.55. The summed E-state index contributed by atoms with van der Waals surface area (Å²) in [5.74, 6) is 0.795. The normalized spacial score (nSPS) is 17.5. The molecule has 2 aliphatic rings. The van der Waals surface area contributed by atoms with Crippen LogP contribution in [-0.2, 0) is 4.79 Å². The lowest BCUT2D eigenvalue weighted by atomic mass is 10.0. The van der Waals surface area contributed by atoms with Gasteiger partial charge in [0.25, 0.3) is 5.91 Å². The molecule has 2 aromatic heterocycles. The zero-order chi connectivity index (χ0) is 24.5. The molecule has 3 heterocycles. The molecule has 1 aliphatic carbocycles. The minimum Gasteiger partial charge on any atom is -0.493 e. The number of nitrogens with one attached hydrogen (secondary N) is 4. The van der Waals surface area contributed by atoms with Crippen LogP contribution in [0.1, 0.15) is 28.4 Å². The van der Waals surface area contributed by atoms with Crippen molar-refractivity contribution < 1.29 is 19.1 Å². The van der Waals surface area contributed by atoms with Crippen LogP contribution in [0.25, 0.3) is 11.3 Å². The predicted octanol–water partition coefficient (Wildman–Crippen LogP) is 3.76. The topological polar surface area (TPSA) is 117 Å². The monoisotopic (exact) mass is 493 g/mol. The van der Waals surface area contributed by atoms with Crippen LogP contribution >= 0.6 is 11.6 Å². The number of pyridine rings is 1. The van der Waals surface area contributed by atoms with Crippen LogP contribution in [0.4, 0.5) is 11.4 Å². The lowest BCUT2D eigenvalue weighted by Crippen LogP contribution is -2.31. The van der Waals surface area contributed by atoms with Crippen LogP contribution < -0.4 is 25.4 Å². The van der Waals surface area contributed by atoms with Crippen molar-refractivity contribution in [2.75, 3.05) is 25.6 Å². The number of hydrogen-bond acceptors (Lipinski definition) is 6. The third kappa shape index (κ3) is 4.30. The van der Waals surface area contributed by atoms with Crippen LogP contribution in [0.3, 0.4) is 0 Å². The van der Waals surface area contributed by atoms with E-state index in [2.05, 4.69) is 32.5 Å². The largest absolute Gasteiger partial charge is 0.493 e. The molecule has 10 heteroatoms. The number of hydrogen-bond donors (Lipinski definition) is 4. The number of anilines is 2. The molecular weight excluding hydrogens is 470 g/mol. The molecule has 2 unspecified atom stereocenters. The van der Waals surface area contributed by atoms with E-state index in [0.29, 0.717) is 45.7 Å². The van der Waals surface area contributed by atoms with Gasteiger partial charge in [0.2, 0.25) is 5.91 Å². The molecule has 1 aliphatic heterocycles. The van der Waals surface area contributed by atoms with E-state index in [0.717, 1.165) is 17.7 Å². The summed E-state index contributed by atoms with van der Waals surface area (Å²) < 4.78 is 11.5. The van der Waals surface area contributed by atoms with Crippen molar-refractivity contribution in [2.45, 2.75) is 18.4 Å². The summed E-state index contributed by atoms with van der Waals surface area (Å²) in [6.45, 7) is 3.97. The smallest absolute Gasteiger partial charge is 0.255 e. The molecule has 0 spiro atoms. The number of ether oxygens (including phenoxy) is 2. The SMILES string of the molecule is C=CC(=O)NCCOc1cnccc1-c1[nH]c2c(c1Nc1cccc(Cl)c1OC)C(=O)NC1CC21. The maximum atomic E-state index is 13.1. The Morgan fingerprint density at radius 1 is 1.37 bits per heavy atom. The predicted molar refractivity (Wildman–Crippen MR) is 133 cm³/mol.